The quantitative estimate of drug-likeness (QED) is 0.503. The SMILES string of the molecule is Cc1ccc(C)c(OCC(=O)Nc2ccc(OCCCc3ccccc3)cc2)c1. The van der Waals surface area contributed by atoms with E-state index < -0.39 is 0 Å². The predicted molar refractivity (Wildman–Crippen MR) is 117 cm³/mol. The van der Waals surface area contributed by atoms with Gasteiger partial charge in [-0.15, -0.1) is 0 Å². The van der Waals surface area contributed by atoms with Crippen molar-refractivity contribution in [3.05, 3.63) is 89.5 Å². The monoisotopic (exact) mass is 389 g/mol. The van der Waals surface area contributed by atoms with Crippen molar-refractivity contribution in [3.8, 4) is 11.5 Å². The number of rotatable bonds is 9. The topological polar surface area (TPSA) is 47.6 Å². The zero-order valence-corrected chi connectivity index (χ0v) is 17.0. The minimum Gasteiger partial charge on any atom is -0.494 e. The van der Waals surface area contributed by atoms with Crippen LogP contribution in [0.5, 0.6) is 11.5 Å². The predicted octanol–water partition coefficient (Wildman–Crippen LogP) is 5.33. The van der Waals surface area contributed by atoms with Crippen LogP contribution in [0.3, 0.4) is 0 Å². The highest BCUT2D eigenvalue weighted by molar-refractivity contribution is 5.91. The first-order valence-electron chi connectivity index (χ1n) is 9.87. The summed E-state index contributed by atoms with van der Waals surface area (Å²) in [6, 6.07) is 23.7. The summed E-state index contributed by atoms with van der Waals surface area (Å²) >= 11 is 0. The second-order valence-corrected chi connectivity index (χ2v) is 7.07. The van der Waals surface area contributed by atoms with E-state index in [-0.39, 0.29) is 12.5 Å². The average Bonchev–Trinajstić information content (AvgIpc) is 2.74. The molecule has 4 nitrogen and oxygen atoms in total. The lowest BCUT2D eigenvalue weighted by atomic mass is 10.1. The summed E-state index contributed by atoms with van der Waals surface area (Å²) in [7, 11) is 0. The number of nitrogens with one attached hydrogen (secondary N) is 1. The molecule has 1 amide bonds. The molecule has 0 spiro atoms. The third-order valence-corrected chi connectivity index (χ3v) is 4.56. The van der Waals surface area contributed by atoms with E-state index in [0.717, 1.165) is 41.2 Å². The summed E-state index contributed by atoms with van der Waals surface area (Å²) in [6.45, 7) is 4.59. The molecule has 3 aromatic rings. The number of amides is 1. The van der Waals surface area contributed by atoms with Gasteiger partial charge >= 0.3 is 0 Å². The molecule has 0 bridgehead atoms. The Hall–Kier alpha value is -3.27. The Morgan fingerprint density at radius 1 is 0.897 bits per heavy atom. The first kappa shape index (κ1) is 20.5. The molecule has 0 saturated heterocycles. The zero-order valence-electron chi connectivity index (χ0n) is 17.0. The molecule has 0 aromatic heterocycles. The van der Waals surface area contributed by atoms with Gasteiger partial charge in [0.25, 0.3) is 5.91 Å². The second kappa shape index (κ2) is 10.3. The number of aryl methyl sites for hydroxylation is 3. The summed E-state index contributed by atoms with van der Waals surface area (Å²) < 4.78 is 11.4. The summed E-state index contributed by atoms with van der Waals surface area (Å²) in [5, 5.41) is 2.84. The minimum atomic E-state index is -0.192. The van der Waals surface area contributed by atoms with E-state index >= 15 is 0 Å². The van der Waals surface area contributed by atoms with Crippen LogP contribution >= 0.6 is 0 Å². The molecule has 0 fully saturated rings. The molecule has 1 N–H and O–H groups in total. The van der Waals surface area contributed by atoms with E-state index in [9.17, 15) is 4.79 Å². The zero-order chi connectivity index (χ0) is 20.5. The van der Waals surface area contributed by atoms with Gasteiger partial charge in [-0.2, -0.15) is 0 Å². The first-order chi connectivity index (χ1) is 14.1. The Labute approximate surface area is 172 Å². The first-order valence-corrected chi connectivity index (χ1v) is 9.87. The van der Waals surface area contributed by atoms with Crippen LogP contribution in [0.1, 0.15) is 23.1 Å². The van der Waals surface area contributed by atoms with Crippen LogP contribution in [0.4, 0.5) is 5.69 Å². The van der Waals surface area contributed by atoms with Crippen molar-refractivity contribution in [2.24, 2.45) is 0 Å². The molecule has 0 atom stereocenters. The van der Waals surface area contributed by atoms with Gasteiger partial charge in [0.05, 0.1) is 6.61 Å². The lowest BCUT2D eigenvalue weighted by Crippen LogP contribution is -2.20. The summed E-state index contributed by atoms with van der Waals surface area (Å²) in [5.41, 5.74) is 4.15. The van der Waals surface area contributed by atoms with Gasteiger partial charge < -0.3 is 14.8 Å². The largest absolute Gasteiger partial charge is 0.494 e. The highest BCUT2D eigenvalue weighted by atomic mass is 16.5. The van der Waals surface area contributed by atoms with Crippen LogP contribution < -0.4 is 14.8 Å². The number of carbonyl (C=O) groups excluding carboxylic acids is 1. The average molecular weight is 389 g/mol. The van der Waals surface area contributed by atoms with E-state index in [0.29, 0.717) is 6.61 Å². The molecule has 0 aliphatic rings. The normalized spacial score (nSPS) is 10.4. The molecule has 0 heterocycles. The summed E-state index contributed by atoms with van der Waals surface area (Å²) in [4.78, 5) is 12.1. The Balaban J connectivity index is 1.40. The van der Waals surface area contributed by atoms with E-state index in [1.807, 2.05) is 62.4 Å². The second-order valence-electron chi connectivity index (χ2n) is 7.07. The van der Waals surface area contributed by atoms with Crippen LogP contribution in [0, 0.1) is 13.8 Å². The van der Waals surface area contributed by atoms with Gasteiger partial charge in [-0.1, -0.05) is 42.5 Å². The van der Waals surface area contributed by atoms with Crippen LogP contribution in [-0.4, -0.2) is 19.1 Å². The molecular formula is C25H27NO3. The smallest absolute Gasteiger partial charge is 0.262 e. The molecule has 0 unspecified atom stereocenters. The fraction of sp³-hybridized carbons (Fsp3) is 0.240. The molecule has 3 aromatic carbocycles. The maximum absolute atomic E-state index is 12.1. The number of ether oxygens (including phenoxy) is 2. The molecule has 4 heteroatoms. The number of anilines is 1. The molecule has 0 aliphatic heterocycles. The fourth-order valence-electron chi connectivity index (χ4n) is 2.95. The molecule has 0 aliphatic carbocycles. The lowest BCUT2D eigenvalue weighted by Gasteiger charge is -2.11. The van der Waals surface area contributed by atoms with Crippen molar-refractivity contribution in [3.63, 3.8) is 0 Å². The van der Waals surface area contributed by atoms with Crippen LogP contribution in [0.25, 0.3) is 0 Å². The third kappa shape index (κ3) is 6.68. The van der Waals surface area contributed by atoms with Crippen molar-refractivity contribution in [2.75, 3.05) is 18.5 Å². The van der Waals surface area contributed by atoms with E-state index in [1.165, 1.54) is 5.56 Å². The number of carbonyl (C=O) groups is 1. The maximum atomic E-state index is 12.1. The van der Waals surface area contributed by atoms with Crippen molar-refractivity contribution in [1.82, 2.24) is 0 Å². The molecule has 0 saturated carbocycles. The van der Waals surface area contributed by atoms with Gasteiger partial charge in [0.2, 0.25) is 0 Å². The Bertz CT molecular complexity index is 921. The lowest BCUT2D eigenvalue weighted by molar-refractivity contribution is -0.118. The fourth-order valence-corrected chi connectivity index (χ4v) is 2.95. The summed E-state index contributed by atoms with van der Waals surface area (Å²) in [6.07, 6.45) is 1.95. The van der Waals surface area contributed by atoms with Crippen molar-refractivity contribution in [1.29, 1.82) is 0 Å². The van der Waals surface area contributed by atoms with Gasteiger partial charge in [0, 0.05) is 5.69 Å². The molecule has 150 valence electrons. The van der Waals surface area contributed by atoms with E-state index in [1.54, 1.807) is 0 Å². The molecule has 0 radical (unpaired) electrons. The highest BCUT2D eigenvalue weighted by Gasteiger charge is 2.06. The van der Waals surface area contributed by atoms with Crippen LogP contribution in [0.15, 0.2) is 72.8 Å². The van der Waals surface area contributed by atoms with Gasteiger partial charge in [0.15, 0.2) is 6.61 Å². The van der Waals surface area contributed by atoms with Crippen molar-refractivity contribution < 1.29 is 14.3 Å². The van der Waals surface area contributed by atoms with E-state index in [2.05, 4.69) is 29.6 Å². The van der Waals surface area contributed by atoms with Crippen LogP contribution in [0.2, 0.25) is 0 Å². The maximum Gasteiger partial charge on any atom is 0.262 e. The molecule has 3 rings (SSSR count). The molecule has 29 heavy (non-hydrogen) atoms. The standard InChI is InChI=1S/C25H27NO3/c1-19-10-11-20(2)24(17-19)29-18-25(27)26-22-12-14-23(15-13-22)28-16-6-9-21-7-4-3-5-8-21/h3-5,7-8,10-15,17H,6,9,16,18H2,1-2H3,(H,26,27). The van der Waals surface area contributed by atoms with Gasteiger partial charge in [-0.25, -0.2) is 0 Å². The number of hydrogen-bond acceptors (Lipinski definition) is 3. The van der Waals surface area contributed by atoms with Gasteiger partial charge in [0.1, 0.15) is 11.5 Å². The van der Waals surface area contributed by atoms with Crippen molar-refractivity contribution >= 4 is 11.6 Å². The van der Waals surface area contributed by atoms with E-state index in [4.69, 9.17) is 9.47 Å². The Kier molecular flexibility index (Phi) is 7.28. The van der Waals surface area contributed by atoms with Crippen molar-refractivity contribution in [2.45, 2.75) is 26.7 Å². The molecular weight excluding hydrogens is 362 g/mol. The van der Waals surface area contributed by atoms with Crippen LogP contribution in [-0.2, 0) is 11.2 Å². The third-order valence-electron chi connectivity index (χ3n) is 4.56. The van der Waals surface area contributed by atoms with Gasteiger partial charge in [-0.3, -0.25) is 4.79 Å². The Morgan fingerprint density at radius 2 is 1.66 bits per heavy atom. The summed E-state index contributed by atoms with van der Waals surface area (Å²) in [5.74, 6) is 1.34. The highest BCUT2D eigenvalue weighted by Crippen LogP contribution is 2.19. The number of benzene rings is 3. The minimum absolute atomic E-state index is 0.0258. The number of hydrogen-bond donors (Lipinski definition) is 1. The Morgan fingerprint density at radius 3 is 2.41 bits per heavy atom. The van der Waals surface area contributed by atoms with Gasteiger partial charge in [-0.05, 0) is 73.7 Å².